The fraction of sp³-hybridized carbons (Fsp3) is 0.333. The van der Waals surface area contributed by atoms with Crippen molar-refractivity contribution in [2.45, 2.75) is 26.3 Å². The number of hydrogen-bond donors (Lipinski definition) is 3. The van der Waals surface area contributed by atoms with Crippen molar-refractivity contribution in [3.63, 3.8) is 0 Å². The maximum atomic E-state index is 13.9. The third-order valence-corrected chi connectivity index (χ3v) is 4.60. The fourth-order valence-corrected chi connectivity index (χ4v) is 3.01. The van der Waals surface area contributed by atoms with Gasteiger partial charge in [0.2, 0.25) is 0 Å². The summed E-state index contributed by atoms with van der Waals surface area (Å²) in [5.74, 6) is 0.395. The molecule has 7 heteroatoms. The zero-order chi connectivity index (χ0) is 20.4. The van der Waals surface area contributed by atoms with Crippen LogP contribution in [0.1, 0.15) is 34.8 Å². The quantitative estimate of drug-likeness (QED) is 0.328. The Labute approximate surface area is 174 Å². The minimum atomic E-state index is -0.189. The third-order valence-electron chi connectivity index (χ3n) is 4.11. The number of benzene rings is 2. The Morgan fingerprint density at radius 2 is 2.00 bits per heavy atom. The number of amides is 1. The summed E-state index contributed by atoms with van der Waals surface area (Å²) < 4.78 is 14.6. The molecule has 0 bridgehead atoms. The molecule has 0 fully saturated rings. The van der Waals surface area contributed by atoms with E-state index in [0.717, 1.165) is 23.0 Å². The molecule has 0 aliphatic heterocycles. The molecule has 2 aromatic carbocycles. The van der Waals surface area contributed by atoms with Gasteiger partial charge in [0.15, 0.2) is 5.96 Å². The van der Waals surface area contributed by atoms with Crippen LogP contribution in [0.3, 0.4) is 0 Å². The van der Waals surface area contributed by atoms with Crippen LogP contribution in [-0.4, -0.2) is 32.0 Å². The predicted molar refractivity (Wildman–Crippen MR) is 115 cm³/mol. The average Bonchev–Trinajstić information content (AvgIpc) is 2.70. The number of halogens is 2. The monoisotopic (exact) mass is 448 g/mol. The van der Waals surface area contributed by atoms with Crippen LogP contribution in [0.4, 0.5) is 4.39 Å². The number of carbonyl (C=O) groups excluding carboxylic acids is 1. The van der Waals surface area contributed by atoms with E-state index in [1.54, 1.807) is 19.2 Å². The summed E-state index contributed by atoms with van der Waals surface area (Å²) in [5, 5.41) is 9.09. The van der Waals surface area contributed by atoms with Gasteiger partial charge in [-0.05, 0) is 55.2 Å². The normalized spacial score (nSPS) is 11.2. The molecule has 0 aliphatic carbocycles. The number of rotatable bonds is 8. The van der Waals surface area contributed by atoms with E-state index in [9.17, 15) is 9.18 Å². The van der Waals surface area contributed by atoms with Gasteiger partial charge >= 0.3 is 0 Å². The minimum Gasteiger partial charge on any atom is -0.357 e. The van der Waals surface area contributed by atoms with Crippen LogP contribution in [0.2, 0.25) is 0 Å². The predicted octanol–water partition coefficient (Wildman–Crippen LogP) is 3.64. The van der Waals surface area contributed by atoms with E-state index in [4.69, 9.17) is 0 Å². The summed E-state index contributed by atoms with van der Waals surface area (Å²) in [6.45, 7) is 3.88. The highest BCUT2D eigenvalue weighted by atomic mass is 79.9. The first kappa shape index (κ1) is 21.9. The number of aryl methyl sites for hydroxylation is 1. The van der Waals surface area contributed by atoms with Gasteiger partial charge in [0.25, 0.3) is 5.91 Å². The van der Waals surface area contributed by atoms with Crippen LogP contribution < -0.4 is 16.0 Å². The van der Waals surface area contributed by atoms with Crippen LogP contribution in [0, 0.1) is 5.82 Å². The maximum Gasteiger partial charge on any atom is 0.251 e. The van der Waals surface area contributed by atoms with Gasteiger partial charge in [-0.15, -0.1) is 0 Å². The van der Waals surface area contributed by atoms with Gasteiger partial charge in [-0.25, -0.2) is 9.38 Å². The van der Waals surface area contributed by atoms with Gasteiger partial charge < -0.3 is 16.0 Å². The molecule has 0 saturated carbocycles. The number of aliphatic imine (C=N–C) groups is 1. The van der Waals surface area contributed by atoms with Crippen molar-refractivity contribution in [3.05, 3.63) is 69.4 Å². The third kappa shape index (κ3) is 6.96. The Morgan fingerprint density at radius 3 is 2.71 bits per heavy atom. The number of guanidine groups is 1. The van der Waals surface area contributed by atoms with Crippen LogP contribution in [0.25, 0.3) is 0 Å². The lowest BCUT2D eigenvalue weighted by Gasteiger charge is -2.12. The first-order chi connectivity index (χ1) is 13.5. The average molecular weight is 449 g/mol. The Kier molecular flexibility index (Phi) is 8.94. The molecule has 0 spiro atoms. The van der Waals surface area contributed by atoms with Gasteiger partial charge in [0.1, 0.15) is 5.82 Å². The second-order valence-corrected chi connectivity index (χ2v) is 7.16. The molecule has 28 heavy (non-hydrogen) atoms. The molecular weight excluding hydrogens is 423 g/mol. The Bertz CT molecular complexity index is 826. The lowest BCUT2D eigenvalue weighted by Crippen LogP contribution is -2.37. The number of nitrogens with one attached hydrogen (secondary N) is 3. The minimum absolute atomic E-state index is 0.115. The SMILES string of the molecule is CCNC(=NCc1cccc(C(=O)NC)c1)NCCCc1ccc(Br)cc1F. The number of hydrogen-bond acceptors (Lipinski definition) is 2. The molecule has 0 saturated heterocycles. The molecule has 2 aromatic rings. The Morgan fingerprint density at radius 1 is 1.18 bits per heavy atom. The molecule has 2 rings (SSSR count). The van der Waals surface area contributed by atoms with E-state index >= 15 is 0 Å². The van der Waals surface area contributed by atoms with Crippen molar-refractivity contribution >= 4 is 27.8 Å². The van der Waals surface area contributed by atoms with Gasteiger partial charge in [-0.1, -0.05) is 34.1 Å². The van der Waals surface area contributed by atoms with Gasteiger partial charge in [0, 0.05) is 30.2 Å². The number of carbonyl (C=O) groups is 1. The van der Waals surface area contributed by atoms with E-state index in [1.807, 2.05) is 31.2 Å². The molecule has 0 unspecified atom stereocenters. The zero-order valence-corrected chi connectivity index (χ0v) is 17.8. The smallest absolute Gasteiger partial charge is 0.251 e. The first-order valence-electron chi connectivity index (χ1n) is 9.30. The molecule has 0 atom stereocenters. The van der Waals surface area contributed by atoms with E-state index < -0.39 is 0 Å². The summed E-state index contributed by atoms with van der Waals surface area (Å²) in [7, 11) is 1.61. The molecular formula is C21H26BrFN4O. The topological polar surface area (TPSA) is 65.5 Å². The van der Waals surface area contributed by atoms with Crippen LogP contribution >= 0.6 is 15.9 Å². The van der Waals surface area contributed by atoms with Crippen LogP contribution in [-0.2, 0) is 13.0 Å². The first-order valence-corrected chi connectivity index (χ1v) is 10.1. The van der Waals surface area contributed by atoms with Crippen LogP contribution in [0.5, 0.6) is 0 Å². The standard InChI is InChI=1S/C21H26BrFN4O/c1-3-25-21(26-11-5-8-16-9-10-18(22)13-19(16)23)27-14-15-6-4-7-17(12-15)20(28)24-2/h4,6-7,9-10,12-13H,3,5,8,11,14H2,1-2H3,(H,24,28)(H2,25,26,27). The Balaban J connectivity index is 1.89. The zero-order valence-electron chi connectivity index (χ0n) is 16.2. The second-order valence-electron chi connectivity index (χ2n) is 6.24. The van der Waals surface area contributed by atoms with Gasteiger partial charge in [-0.3, -0.25) is 4.79 Å². The van der Waals surface area contributed by atoms with Gasteiger partial charge in [-0.2, -0.15) is 0 Å². The van der Waals surface area contributed by atoms with Crippen molar-refractivity contribution in [1.82, 2.24) is 16.0 Å². The number of nitrogens with zero attached hydrogens (tertiary/aromatic N) is 1. The van der Waals surface area contributed by atoms with Crippen LogP contribution in [0.15, 0.2) is 51.9 Å². The Hall–Kier alpha value is -2.41. The lowest BCUT2D eigenvalue weighted by atomic mass is 10.1. The van der Waals surface area contributed by atoms with Gasteiger partial charge in [0.05, 0.1) is 6.54 Å². The lowest BCUT2D eigenvalue weighted by molar-refractivity contribution is 0.0963. The molecule has 0 heterocycles. The van der Waals surface area contributed by atoms with E-state index in [0.29, 0.717) is 36.6 Å². The highest BCUT2D eigenvalue weighted by molar-refractivity contribution is 9.10. The summed E-state index contributed by atoms with van der Waals surface area (Å²) in [4.78, 5) is 16.3. The molecule has 1 amide bonds. The van der Waals surface area contributed by atoms with Crippen molar-refractivity contribution in [2.75, 3.05) is 20.1 Å². The van der Waals surface area contributed by atoms with E-state index in [-0.39, 0.29) is 11.7 Å². The molecule has 5 nitrogen and oxygen atoms in total. The summed E-state index contributed by atoms with van der Waals surface area (Å²) in [6, 6.07) is 12.5. The molecule has 3 N–H and O–H groups in total. The second kappa shape index (κ2) is 11.4. The van der Waals surface area contributed by atoms with Crippen molar-refractivity contribution < 1.29 is 9.18 Å². The highest BCUT2D eigenvalue weighted by Crippen LogP contribution is 2.16. The fourth-order valence-electron chi connectivity index (χ4n) is 2.68. The van der Waals surface area contributed by atoms with E-state index in [1.165, 1.54) is 6.07 Å². The van der Waals surface area contributed by atoms with Crippen molar-refractivity contribution in [3.8, 4) is 0 Å². The summed E-state index contributed by atoms with van der Waals surface area (Å²) in [6.07, 6.45) is 1.44. The molecule has 0 aromatic heterocycles. The largest absolute Gasteiger partial charge is 0.357 e. The van der Waals surface area contributed by atoms with E-state index in [2.05, 4.69) is 36.9 Å². The molecule has 0 radical (unpaired) electrons. The highest BCUT2D eigenvalue weighted by Gasteiger charge is 2.05. The van der Waals surface area contributed by atoms with Crippen molar-refractivity contribution in [1.29, 1.82) is 0 Å². The molecule has 0 aliphatic rings. The molecule has 150 valence electrons. The summed E-state index contributed by atoms with van der Waals surface area (Å²) in [5.41, 5.74) is 2.28. The van der Waals surface area contributed by atoms with Crippen molar-refractivity contribution in [2.24, 2.45) is 4.99 Å². The maximum absolute atomic E-state index is 13.9. The summed E-state index contributed by atoms with van der Waals surface area (Å²) >= 11 is 3.27.